The maximum atomic E-state index is 12.8. The van der Waals surface area contributed by atoms with Crippen LogP contribution in [0.25, 0.3) is 10.7 Å². The lowest BCUT2D eigenvalue weighted by atomic mass is 10.2. The molecular weight excluding hydrogens is 412 g/mol. The Morgan fingerprint density at radius 1 is 1.30 bits per heavy atom. The largest absolute Gasteiger partial charge is 0.486 e. The van der Waals surface area contributed by atoms with Crippen molar-refractivity contribution >= 4 is 32.8 Å². The number of hydrogen-bond acceptors (Lipinski definition) is 8. The first kappa shape index (κ1) is 18.3. The number of ether oxygens (including phenoxy) is 2. The summed E-state index contributed by atoms with van der Waals surface area (Å²) in [4.78, 5) is 5.04. The first-order chi connectivity index (χ1) is 12.9. The van der Waals surface area contributed by atoms with E-state index in [2.05, 4.69) is 10.1 Å². The quantitative estimate of drug-likeness (QED) is 0.610. The van der Waals surface area contributed by atoms with Crippen LogP contribution in [0.4, 0.5) is 0 Å². The van der Waals surface area contributed by atoms with Crippen LogP contribution >= 0.6 is 22.9 Å². The molecule has 0 radical (unpaired) electrons. The molecule has 0 fully saturated rings. The average molecular weight is 427 g/mol. The Balaban J connectivity index is 1.57. The topological polar surface area (TPSA) is 91.5 Å². The van der Waals surface area contributed by atoms with Crippen LogP contribution in [0.15, 0.2) is 34.2 Å². The van der Waals surface area contributed by atoms with Crippen LogP contribution in [0.1, 0.15) is 23.6 Å². The zero-order chi connectivity index (χ0) is 19.0. The van der Waals surface area contributed by atoms with Gasteiger partial charge >= 0.3 is 0 Å². The van der Waals surface area contributed by atoms with Crippen LogP contribution in [0, 0.1) is 0 Å². The third-order valence-electron chi connectivity index (χ3n) is 4.09. The lowest BCUT2D eigenvalue weighted by Crippen LogP contribution is -2.17. The third-order valence-corrected chi connectivity index (χ3v) is 7.26. The summed E-state index contributed by atoms with van der Waals surface area (Å²) in [6.07, 6.45) is 0. The molecule has 4 rings (SSSR count). The maximum absolute atomic E-state index is 12.8. The van der Waals surface area contributed by atoms with E-state index in [-0.39, 0.29) is 11.6 Å². The number of sulfone groups is 1. The molecule has 0 bridgehead atoms. The predicted octanol–water partition coefficient (Wildman–Crippen LogP) is 3.90. The van der Waals surface area contributed by atoms with E-state index in [1.807, 2.05) is 17.5 Å². The molecule has 2 aromatic heterocycles. The first-order valence-corrected chi connectivity index (χ1v) is 11.1. The number of halogens is 1. The van der Waals surface area contributed by atoms with Crippen molar-refractivity contribution in [2.75, 3.05) is 13.2 Å². The van der Waals surface area contributed by atoms with E-state index in [4.69, 9.17) is 25.6 Å². The number of aromatic nitrogens is 2. The Morgan fingerprint density at radius 2 is 2.11 bits per heavy atom. The number of rotatable bonds is 5. The highest BCUT2D eigenvalue weighted by molar-refractivity contribution is 7.90. The van der Waals surface area contributed by atoms with Gasteiger partial charge < -0.3 is 14.0 Å². The standard InChI is InChI=1S/C17H15ClN2O5S2/c1-10(17-19-16(20-25-17)14-3-2-6-26-14)27(21,22)9-11-7-12(18)15-13(8-11)23-4-5-24-15/h2-3,6-8,10H,4-5,9H2,1H3/t10-/m1/s1. The summed E-state index contributed by atoms with van der Waals surface area (Å²) in [7, 11) is -3.61. The second-order valence-corrected chi connectivity index (χ2v) is 9.66. The third kappa shape index (κ3) is 3.67. The smallest absolute Gasteiger partial charge is 0.245 e. The molecule has 0 saturated heterocycles. The Bertz CT molecular complexity index is 1060. The molecule has 0 saturated carbocycles. The molecule has 0 spiro atoms. The van der Waals surface area contributed by atoms with Crippen LogP contribution < -0.4 is 9.47 Å². The molecule has 1 aromatic carbocycles. The van der Waals surface area contributed by atoms with Gasteiger partial charge in [-0.25, -0.2) is 8.42 Å². The maximum Gasteiger partial charge on any atom is 0.245 e. The first-order valence-electron chi connectivity index (χ1n) is 8.11. The van der Waals surface area contributed by atoms with Gasteiger partial charge in [-0.15, -0.1) is 11.3 Å². The van der Waals surface area contributed by atoms with E-state index in [9.17, 15) is 8.42 Å². The molecule has 0 unspecified atom stereocenters. The van der Waals surface area contributed by atoms with Crippen molar-refractivity contribution < 1.29 is 22.4 Å². The molecule has 0 N–H and O–H groups in total. The van der Waals surface area contributed by atoms with Crippen molar-refractivity contribution in [3.05, 3.63) is 46.1 Å². The SMILES string of the molecule is C[C@H](c1nc(-c2cccs2)no1)S(=O)(=O)Cc1cc(Cl)c2c(c1)OCCO2. The highest BCUT2D eigenvalue weighted by Gasteiger charge is 2.29. The van der Waals surface area contributed by atoms with E-state index in [1.165, 1.54) is 18.3 Å². The van der Waals surface area contributed by atoms with Crippen molar-refractivity contribution in [2.24, 2.45) is 0 Å². The summed E-state index contributed by atoms with van der Waals surface area (Å²) in [5.74, 6) is 1.09. The predicted molar refractivity (Wildman–Crippen MR) is 101 cm³/mol. The van der Waals surface area contributed by atoms with Crippen LogP contribution in [0.3, 0.4) is 0 Å². The van der Waals surface area contributed by atoms with Gasteiger partial charge in [0.15, 0.2) is 21.3 Å². The average Bonchev–Trinajstić information content (AvgIpc) is 3.32. The molecule has 3 heterocycles. The summed E-state index contributed by atoms with van der Waals surface area (Å²) in [5, 5.41) is 5.13. The minimum Gasteiger partial charge on any atom is -0.486 e. The van der Waals surface area contributed by atoms with Crippen molar-refractivity contribution in [3.8, 4) is 22.2 Å². The number of fused-ring (bicyclic) bond motifs is 1. The lowest BCUT2D eigenvalue weighted by molar-refractivity contribution is 0.171. The van der Waals surface area contributed by atoms with E-state index in [0.29, 0.717) is 41.1 Å². The minimum atomic E-state index is -3.61. The second kappa shape index (κ2) is 7.14. The fourth-order valence-electron chi connectivity index (χ4n) is 2.66. The van der Waals surface area contributed by atoms with Gasteiger partial charge in [0.25, 0.3) is 0 Å². The summed E-state index contributed by atoms with van der Waals surface area (Å²) in [5.41, 5.74) is 0.508. The molecule has 0 aliphatic carbocycles. The number of thiophene rings is 1. The fourth-order valence-corrected chi connectivity index (χ4v) is 4.89. The Kier molecular flexibility index (Phi) is 4.83. The molecule has 1 aliphatic heterocycles. The summed E-state index contributed by atoms with van der Waals surface area (Å²) in [6, 6.07) is 6.91. The van der Waals surface area contributed by atoms with E-state index in [0.717, 1.165) is 4.88 Å². The zero-order valence-electron chi connectivity index (χ0n) is 14.2. The van der Waals surface area contributed by atoms with Gasteiger partial charge in [-0.3, -0.25) is 0 Å². The van der Waals surface area contributed by atoms with Gasteiger partial charge in [-0.1, -0.05) is 22.8 Å². The molecule has 1 atom stereocenters. The lowest BCUT2D eigenvalue weighted by Gasteiger charge is -2.20. The number of hydrogen-bond donors (Lipinski definition) is 0. The number of nitrogens with zero attached hydrogens (tertiary/aromatic N) is 2. The van der Waals surface area contributed by atoms with Crippen LogP contribution in [-0.2, 0) is 15.6 Å². The molecule has 0 amide bonds. The zero-order valence-corrected chi connectivity index (χ0v) is 16.6. The fraction of sp³-hybridized carbons (Fsp3) is 0.294. The molecule has 3 aromatic rings. The van der Waals surface area contributed by atoms with Gasteiger partial charge in [0.2, 0.25) is 11.7 Å². The van der Waals surface area contributed by atoms with Gasteiger partial charge in [0.1, 0.15) is 18.5 Å². The highest BCUT2D eigenvalue weighted by atomic mass is 35.5. The van der Waals surface area contributed by atoms with E-state index >= 15 is 0 Å². The highest BCUT2D eigenvalue weighted by Crippen LogP contribution is 2.39. The Morgan fingerprint density at radius 3 is 2.89 bits per heavy atom. The molecule has 27 heavy (non-hydrogen) atoms. The normalized spacial score (nSPS) is 14.9. The Hall–Kier alpha value is -2.10. The minimum absolute atomic E-state index is 0.0574. The van der Waals surface area contributed by atoms with Gasteiger partial charge in [-0.05, 0) is 36.1 Å². The summed E-state index contributed by atoms with van der Waals surface area (Å²) < 4.78 is 41.8. The second-order valence-electron chi connectivity index (χ2n) is 5.98. The van der Waals surface area contributed by atoms with Crippen LogP contribution in [0.2, 0.25) is 5.02 Å². The molecule has 10 heteroatoms. The van der Waals surface area contributed by atoms with Gasteiger partial charge in [0, 0.05) is 0 Å². The van der Waals surface area contributed by atoms with Crippen molar-refractivity contribution in [1.82, 2.24) is 10.1 Å². The van der Waals surface area contributed by atoms with Crippen molar-refractivity contribution in [3.63, 3.8) is 0 Å². The molecule has 7 nitrogen and oxygen atoms in total. The van der Waals surface area contributed by atoms with Gasteiger partial charge in [-0.2, -0.15) is 4.98 Å². The van der Waals surface area contributed by atoms with Crippen molar-refractivity contribution in [1.29, 1.82) is 0 Å². The van der Waals surface area contributed by atoms with Gasteiger partial charge in [0.05, 0.1) is 15.7 Å². The molecule has 1 aliphatic rings. The molecule has 142 valence electrons. The van der Waals surface area contributed by atoms with E-state index in [1.54, 1.807) is 12.1 Å². The summed E-state index contributed by atoms with van der Waals surface area (Å²) >= 11 is 7.64. The number of benzene rings is 1. The monoisotopic (exact) mass is 426 g/mol. The Labute approximate surface area is 164 Å². The van der Waals surface area contributed by atoms with Crippen LogP contribution in [-0.4, -0.2) is 31.8 Å². The van der Waals surface area contributed by atoms with Crippen molar-refractivity contribution in [2.45, 2.75) is 17.9 Å². The van der Waals surface area contributed by atoms with Crippen LogP contribution in [0.5, 0.6) is 11.5 Å². The summed E-state index contributed by atoms with van der Waals surface area (Å²) in [6.45, 7) is 2.33. The van der Waals surface area contributed by atoms with E-state index < -0.39 is 15.1 Å². The molecular formula is C17H15ClN2O5S2.